The zero-order valence-corrected chi connectivity index (χ0v) is 13.3. The summed E-state index contributed by atoms with van der Waals surface area (Å²) in [4.78, 5) is 16.1. The molecule has 0 bridgehead atoms. The summed E-state index contributed by atoms with van der Waals surface area (Å²) in [6, 6.07) is 7.46. The summed E-state index contributed by atoms with van der Waals surface area (Å²) in [6.45, 7) is 4.96. The van der Waals surface area contributed by atoms with Crippen LogP contribution in [0.3, 0.4) is 0 Å². The van der Waals surface area contributed by atoms with E-state index < -0.39 is 0 Å². The fourth-order valence-electron chi connectivity index (χ4n) is 2.68. The number of fused-ring (bicyclic) bond motifs is 1. The Kier molecular flexibility index (Phi) is 4.46. The molecule has 23 heavy (non-hydrogen) atoms. The van der Waals surface area contributed by atoms with Gasteiger partial charge in [0.25, 0.3) is 5.91 Å². The van der Waals surface area contributed by atoms with Crippen LogP contribution in [0.25, 0.3) is 0 Å². The summed E-state index contributed by atoms with van der Waals surface area (Å²) in [6.07, 6.45) is 4.26. The zero-order valence-electron chi connectivity index (χ0n) is 13.3. The second kappa shape index (κ2) is 6.69. The number of pyridine rings is 1. The van der Waals surface area contributed by atoms with Crippen LogP contribution >= 0.6 is 0 Å². The van der Waals surface area contributed by atoms with Crippen molar-refractivity contribution in [1.82, 2.24) is 10.3 Å². The number of aromatic nitrogens is 1. The Hall–Kier alpha value is -2.56. The van der Waals surface area contributed by atoms with E-state index in [4.69, 9.17) is 9.47 Å². The van der Waals surface area contributed by atoms with Gasteiger partial charge in [-0.2, -0.15) is 0 Å². The van der Waals surface area contributed by atoms with E-state index in [1.54, 1.807) is 24.5 Å². The molecular weight excluding hydrogens is 292 g/mol. The summed E-state index contributed by atoms with van der Waals surface area (Å²) >= 11 is 0. The van der Waals surface area contributed by atoms with Crippen LogP contribution in [0.4, 0.5) is 0 Å². The molecular formula is C18H20N2O3. The molecule has 0 radical (unpaired) electrons. The van der Waals surface area contributed by atoms with Gasteiger partial charge in [0.1, 0.15) is 17.6 Å². The number of benzene rings is 1. The predicted octanol–water partition coefficient (Wildman–Crippen LogP) is 2.73. The minimum atomic E-state index is -0.157. The second-order valence-corrected chi connectivity index (χ2v) is 5.56. The van der Waals surface area contributed by atoms with Crippen LogP contribution in [0.5, 0.6) is 11.5 Å². The molecule has 0 saturated carbocycles. The normalized spacial score (nSPS) is 15.7. The molecule has 0 spiro atoms. The van der Waals surface area contributed by atoms with Crippen molar-refractivity contribution in [3.8, 4) is 11.5 Å². The third-order valence-electron chi connectivity index (χ3n) is 3.74. The van der Waals surface area contributed by atoms with Gasteiger partial charge < -0.3 is 14.8 Å². The van der Waals surface area contributed by atoms with E-state index in [2.05, 4.69) is 10.3 Å². The van der Waals surface area contributed by atoms with Crippen LogP contribution < -0.4 is 14.8 Å². The van der Waals surface area contributed by atoms with Crippen molar-refractivity contribution in [2.24, 2.45) is 0 Å². The Bertz CT molecular complexity index is 701. The van der Waals surface area contributed by atoms with Gasteiger partial charge >= 0.3 is 0 Å². The van der Waals surface area contributed by atoms with Crippen molar-refractivity contribution in [2.45, 2.75) is 32.9 Å². The van der Waals surface area contributed by atoms with Gasteiger partial charge in [-0.1, -0.05) is 0 Å². The highest BCUT2D eigenvalue weighted by molar-refractivity contribution is 5.93. The molecule has 2 aromatic rings. The molecule has 0 aliphatic carbocycles. The third kappa shape index (κ3) is 3.44. The molecule has 1 aromatic heterocycles. The first-order valence-corrected chi connectivity index (χ1v) is 7.81. The average Bonchev–Trinajstić information content (AvgIpc) is 2.92. The largest absolute Gasteiger partial charge is 0.494 e. The van der Waals surface area contributed by atoms with Crippen molar-refractivity contribution in [2.75, 3.05) is 6.61 Å². The molecule has 1 aliphatic rings. The molecule has 5 heteroatoms. The lowest BCUT2D eigenvalue weighted by atomic mass is 10.1. The highest BCUT2D eigenvalue weighted by Gasteiger charge is 2.22. The maximum atomic E-state index is 12.1. The first-order chi connectivity index (χ1) is 11.2. The first-order valence-electron chi connectivity index (χ1n) is 7.81. The standard InChI is InChI=1S/C18H20N2O3/c1-3-22-16-8-14-7-12(2)23-17(14)9-15(16)11-20-18(21)13-5-4-6-19-10-13/h4-6,8-10,12H,3,7,11H2,1-2H3,(H,20,21)/t12-/m0/s1. The molecule has 120 valence electrons. The van der Waals surface area contributed by atoms with Crippen molar-refractivity contribution in [3.05, 3.63) is 53.3 Å². The van der Waals surface area contributed by atoms with Gasteiger partial charge in [0.05, 0.1) is 12.2 Å². The van der Waals surface area contributed by atoms with Gasteiger partial charge in [0.2, 0.25) is 0 Å². The fourth-order valence-corrected chi connectivity index (χ4v) is 2.68. The number of amides is 1. The monoisotopic (exact) mass is 312 g/mol. The minimum absolute atomic E-state index is 0.157. The molecule has 0 fully saturated rings. The van der Waals surface area contributed by atoms with E-state index in [0.29, 0.717) is 18.7 Å². The van der Waals surface area contributed by atoms with Crippen LogP contribution in [0, 0.1) is 0 Å². The Balaban J connectivity index is 1.76. The van der Waals surface area contributed by atoms with Crippen molar-refractivity contribution < 1.29 is 14.3 Å². The highest BCUT2D eigenvalue weighted by atomic mass is 16.5. The van der Waals surface area contributed by atoms with Crippen LogP contribution in [-0.4, -0.2) is 23.6 Å². The van der Waals surface area contributed by atoms with Crippen LogP contribution in [0.2, 0.25) is 0 Å². The molecule has 1 amide bonds. The lowest BCUT2D eigenvalue weighted by Gasteiger charge is -2.13. The number of rotatable bonds is 5. The number of hydrogen-bond donors (Lipinski definition) is 1. The lowest BCUT2D eigenvalue weighted by Crippen LogP contribution is -2.23. The van der Waals surface area contributed by atoms with Gasteiger partial charge in [0, 0.05) is 36.5 Å². The van der Waals surface area contributed by atoms with Gasteiger partial charge in [-0.3, -0.25) is 9.78 Å². The van der Waals surface area contributed by atoms with Crippen molar-refractivity contribution >= 4 is 5.91 Å². The van der Waals surface area contributed by atoms with Crippen LogP contribution in [0.1, 0.15) is 35.3 Å². The Morgan fingerprint density at radius 3 is 3.09 bits per heavy atom. The number of carbonyl (C=O) groups is 1. The molecule has 0 unspecified atom stereocenters. The third-order valence-corrected chi connectivity index (χ3v) is 3.74. The topological polar surface area (TPSA) is 60.5 Å². The minimum Gasteiger partial charge on any atom is -0.494 e. The van der Waals surface area contributed by atoms with Crippen LogP contribution in [0.15, 0.2) is 36.7 Å². The van der Waals surface area contributed by atoms with Crippen LogP contribution in [-0.2, 0) is 13.0 Å². The van der Waals surface area contributed by atoms with E-state index in [0.717, 1.165) is 29.0 Å². The summed E-state index contributed by atoms with van der Waals surface area (Å²) in [5.41, 5.74) is 2.61. The summed E-state index contributed by atoms with van der Waals surface area (Å²) in [5.74, 6) is 1.53. The molecule has 1 aliphatic heterocycles. The number of ether oxygens (including phenoxy) is 2. The number of nitrogens with one attached hydrogen (secondary N) is 1. The molecule has 1 atom stereocenters. The molecule has 5 nitrogen and oxygen atoms in total. The smallest absolute Gasteiger partial charge is 0.253 e. The predicted molar refractivity (Wildman–Crippen MR) is 86.8 cm³/mol. The maximum absolute atomic E-state index is 12.1. The van der Waals surface area contributed by atoms with Gasteiger partial charge in [0.15, 0.2) is 0 Å². The summed E-state index contributed by atoms with van der Waals surface area (Å²) < 4.78 is 11.5. The Morgan fingerprint density at radius 2 is 2.35 bits per heavy atom. The molecule has 1 N–H and O–H groups in total. The summed E-state index contributed by atoms with van der Waals surface area (Å²) in [7, 11) is 0. The van der Waals surface area contributed by atoms with E-state index >= 15 is 0 Å². The Labute approximate surface area is 135 Å². The second-order valence-electron chi connectivity index (χ2n) is 5.56. The van der Waals surface area contributed by atoms with Crippen molar-refractivity contribution in [3.63, 3.8) is 0 Å². The number of carbonyl (C=O) groups excluding carboxylic acids is 1. The molecule has 2 heterocycles. The molecule has 3 rings (SSSR count). The van der Waals surface area contributed by atoms with E-state index in [9.17, 15) is 4.79 Å². The molecule has 1 aromatic carbocycles. The SMILES string of the molecule is CCOc1cc2c(cc1CNC(=O)c1cccnc1)O[C@@H](C)C2. The highest BCUT2D eigenvalue weighted by Crippen LogP contribution is 2.35. The molecule has 0 saturated heterocycles. The lowest BCUT2D eigenvalue weighted by molar-refractivity contribution is 0.0950. The van der Waals surface area contributed by atoms with Crippen molar-refractivity contribution in [1.29, 1.82) is 0 Å². The first kappa shape index (κ1) is 15.3. The number of nitrogens with zero attached hydrogens (tertiary/aromatic N) is 1. The average molecular weight is 312 g/mol. The van der Waals surface area contributed by atoms with Gasteiger partial charge in [-0.25, -0.2) is 0 Å². The summed E-state index contributed by atoms with van der Waals surface area (Å²) in [5, 5.41) is 2.90. The fraction of sp³-hybridized carbons (Fsp3) is 0.333. The quantitative estimate of drug-likeness (QED) is 0.922. The van der Waals surface area contributed by atoms with Gasteiger partial charge in [-0.15, -0.1) is 0 Å². The number of hydrogen-bond acceptors (Lipinski definition) is 4. The Morgan fingerprint density at radius 1 is 1.48 bits per heavy atom. The van der Waals surface area contributed by atoms with E-state index in [-0.39, 0.29) is 12.0 Å². The maximum Gasteiger partial charge on any atom is 0.253 e. The van der Waals surface area contributed by atoms with E-state index in [1.807, 2.05) is 26.0 Å². The zero-order chi connectivity index (χ0) is 16.2. The van der Waals surface area contributed by atoms with E-state index in [1.165, 1.54) is 0 Å². The van der Waals surface area contributed by atoms with Gasteiger partial charge in [-0.05, 0) is 38.1 Å².